The fourth-order valence-electron chi connectivity index (χ4n) is 3.67. The van der Waals surface area contributed by atoms with Crippen LogP contribution in [0.3, 0.4) is 0 Å². The van der Waals surface area contributed by atoms with E-state index in [0.29, 0.717) is 21.2 Å². The quantitative estimate of drug-likeness (QED) is 0.543. The normalized spacial score (nSPS) is 16.8. The van der Waals surface area contributed by atoms with Crippen LogP contribution in [0, 0.1) is 11.3 Å². The molecule has 1 aromatic carbocycles. The molecule has 152 valence electrons. The second-order valence-corrected chi connectivity index (χ2v) is 9.54. The number of thiophene rings is 1. The van der Waals surface area contributed by atoms with E-state index >= 15 is 0 Å². The number of hydrogen-bond donors (Lipinski definition) is 2. The van der Waals surface area contributed by atoms with E-state index < -0.39 is 0 Å². The lowest BCUT2D eigenvalue weighted by atomic mass is 9.81. The Labute approximate surface area is 179 Å². The molecule has 6 nitrogen and oxygen atoms in total. The summed E-state index contributed by atoms with van der Waals surface area (Å²) in [6.07, 6.45) is 2.18. The van der Waals surface area contributed by atoms with E-state index in [4.69, 9.17) is 16.4 Å². The summed E-state index contributed by atoms with van der Waals surface area (Å²) in [5, 5.41) is 21.0. The van der Waals surface area contributed by atoms with Crippen molar-refractivity contribution < 1.29 is 9.63 Å². The highest BCUT2D eigenvalue weighted by molar-refractivity contribution is 7.17. The minimum Gasteiger partial charge on any atom is -0.386 e. The fourth-order valence-corrected chi connectivity index (χ4v) is 5.09. The highest BCUT2D eigenvalue weighted by Crippen LogP contribution is 2.44. The number of oxime groups is 1. The van der Waals surface area contributed by atoms with Crippen LogP contribution in [0.2, 0.25) is 5.02 Å². The van der Waals surface area contributed by atoms with Crippen LogP contribution in [0.4, 0.5) is 5.00 Å². The van der Waals surface area contributed by atoms with Gasteiger partial charge in [0.2, 0.25) is 0 Å². The van der Waals surface area contributed by atoms with E-state index in [2.05, 4.69) is 49.6 Å². The molecule has 8 heteroatoms. The van der Waals surface area contributed by atoms with Gasteiger partial charge in [-0.05, 0) is 45.7 Å². The first-order valence-electron chi connectivity index (χ1n) is 9.18. The molecule has 0 aliphatic carbocycles. The van der Waals surface area contributed by atoms with Gasteiger partial charge in [0.25, 0.3) is 5.91 Å². The third-order valence-corrected chi connectivity index (χ3v) is 6.39. The Morgan fingerprint density at radius 1 is 1.41 bits per heavy atom. The topological polar surface area (TPSA) is 86.5 Å². The number of nitriles is 1. The molecule has 0 saturated heterocycles. The van der Waals surface area contributed by atoms with E-state index in [-0.39, 0.29) is 23.6 Å². The molecule has 29 heavy (non-hydrogen) atoms. The molecule has 0 fully saturated rings. The average Bonchev–Trinajstić information content (AvgIpc) is 2.96. The van der Waals surface area contributed by atoms with Gasteiger partial charge in [0.05, 0.1) is 11.8 Å². The number of hydrogen-bond acceptors (Lipinski definition) is 6. The molecule has 2 heterocycles. The predicted octanol–water partition coefficient (Wildman–Crippen LogP) is 4.42. The summed E-state index contributed by atoms with van der Waals surface area (Å²) < 4.78 is 0. The number of fused-ring (bicyclic) bond motifs is 1. The van der Waals surface area contributed by atoms with Crippen LogP contribution in [-0.2, 0) is 21.6 Å². The van der Waals surface area contributed by atoms with Gasteiger partial charge in [0, 0.05) is 26.5 Å². The minimum atomic E-state index is -0.374. The van der Waals surface area contributed by atoms with Gasteiger partial charge < -0.3 is 15.5 Å². The molecule has 1 aliphatic heterocycles. The zero-order valence-electron chi connectivity index (χ0n) is 16.8. The Morgan fingerprint density at radius 2 is 2.14 bits per heavy atom. The first kappa shape index (κ1) is 21.3. The maximum absolute atomic E-state index is 12.3. The lowest BCUT2D eigenvalue weighted by Crippen LogP contribution is -2.54. The van der Waals surface area contributed by atoms with Crippen molar-refractivity contribution in [1.29, 1.82) is 5.26 Å². The lowest BCUT2D eigenvalue weighted by Gasteiger charge is -2.42. The van der Waals surface area contributed by atoms with Gasteiger partial charge in [0.15, 0.2) is 6.61 Å². The molecule has 1 aromatic heterocycles. The van der Waals surface area contributed by atoms with E-state index in [1.165, 1.54) is 17.6 Å². The van der Waals surface area contributed by atoms with Crippen molar-refractivity contribution in [1.82, 2.24) is 5.32 Å². The number of amides is 1. The molecule has 0 atom stereocenters. The molecule has 0 spiro atoms. The molecule has 0 bridgehead atoms. The van der Waals surface area contributed by atoms with Gasteiger partial charge in [-0.15, -0.1) is 11.3 Å². The van der Waals surface area contributed by atoms with Crippen LogP contribution in [0.25, 0.3) is 0 Å². The van der Waals surface area contributed by atoms with Crippen molar-refractivity contribution in [2.45, 2.75) is 45.2 Å². The molecular formula is C21H23ClN4O2S. The number of halogens is 1. The third-order valence-electron chi connectivity index (χ3n) is 4.58. The van der Waals surface area contributed by atoms with Gasteiger partial charge in [-0.3, -0.25) is 4.79 Å². The Hall–Kier alpha value is -2.40. The number of carbonyl (C=O) groups excluding carboxylic acids is 1. The highest BCUT2D eigenvalue weighted by Gasteiger charge is 2.40. The summed E-state index contributed by atoms with van der Waals surface area (Å²) in [7, 11) is 0. The van der Waals surface area contributed by atoms with Crippen molar-refractivity contribution in [3.05, 3.63) is 50.9 Å². The number of rotatable bonds is 5. The predicted molar refractivity (Wildman–Crippen MR) is 117 cm³/mol. The Kier molecular flexibility index (Phi) is 5.99. The molecule has 1 aliphatic rings. The molecule has 3 rings (SSSR count). The second-order valence-electron chi connectivity index (χ2n) is 8.11. The molecular weight excluding hydrogens is 408 g/mol. The Bertz CT molecular complexity index is 1000. The van der Waals surface area contributed by atoms with Crippen molar-refractivity contribution in [2.24, 2.45) is 5.16 Å². The zero-order valence-corrected chi connectivity index (χ0v) is 18.4. The van der Waals surface area contributed by atoms with Crippen molar-refractivity contribution in [3.63, 3.8) is 0 Å². The number of nitrogens with zero attached hydrogens (tertiary/aromatic N) is 2. The smallest absolute Gasteiger partial charge is 0.265 e. The maximum atomic E-state index is 12.3. The monoisotopic (exact) mass is 430 g/mol. The van der Waals surface area contributed by atoms with Crippen LogP contribution in [0.5, 0.6) is 0 Å². The Morgan fingerprint density at radius 3 is 2.83 bits per heavy atom. The number of benzene rings is 1. The summed E-state index contributed by atoms with van der Waals surface area (Å²) in [6, 6.07) is 9.45. The number of anilines is 1. The number of nitrogens with one attached hydrogen (secondary N) is 2. The van der Waals surface area contributed by atoms with Crippen molar-refractivity contribution >= 4 is 40.1 Å². The standard InChI is InChI=1S/C21H23ClN4O2S/c1-20(2)9-14-15(10-23)19(29-18(14)21(3,4)26-20)25-17(27)12-28-24-11-13-7-5-6-8-16(13)22/h5-8,11,26H,9,12H2,1-4H3,(H,25,27)/b24-11-. The molecule has 2 N–H and O–H groups in total. The number of carbonyl (C=O) groups is 1. The summed E-state index contributed by atoms with van der Waals surface area (Å²) in [4.78, 5) is 18.5. The van der Waals surface area contributed by atoms with Crippen LogP contribution in [0.1, 0.15) is 49.3 Å². The van der Waals surface area contributed by atoms with Crippen LogP contribution >= 0.6 is 22.9 Å². The largest absolute Gasteiger partial charge is 0.386 e. The van der Waals surface area contributed by atoms with E-state index in [1.54, 1.807) is 12.1 Å². The van der Waals surface area contributed by atoms with Gasteiger partial charge >= 0.3 is 0 Å². The summed E-state index contributed by atoms with van der Waals surface area (Å²) in [5.41, 5.74) is 1.80. The van der Waals surface area contributed by atoms with Crippen LogP contribution in [0.15, 0.2) is 29.4 Å². The minimum absolute atomic E-state index is 0.138. The molecule has 0 unspecified atom stereocenters. The molecule has 0 saturated carbocycles. The van der Waals surface area contributed by atoms with Crippen molar-refractivity contribution in [3.8, 4) is 6.07 Å². The zero-order chi connectivity index (χ0) is 21.2. The molecule has 1 amide bonds. The summed E-state index contributed by atoms with van der Waals surface area (Å²) in [5.74, 6) is -0.374. The van der Waals surface area contributed by atoms with Crippen LogP contribution in [-0.4, -0.2) is 24.3 Å². The third kappa shape index (κ3) is 4.78. The SMILES string of the molecule is CC1(C)Cc2c(sc(NC(=O)CO/N=C\c3ccccc3Cl)c2C#N)C(C)(C)N1. The maximum Gasteiger partial charge on any atom is 0.265 e. The van der Waals surface area contributed by atoms with Gasteiger partial charge in [-0.2, -0.15) is 5.26 Å². The fraction of sp³-hybridized carbons (Fsp3) is 0.381. The average molecular weight is 431 g/mol. The molecule has 0 radical (unpaired) electrons. The van der Waals surface area contributed by atoms with E-state index in [1.807, 2.05) is 12.1 Å². The van der Waals surface area contributed by atoms with E-state index in [0.717, 1.165) is 16.9 Å². The summed E-state index contributed by atoms with van der Waals surface area (Å²) in [6.45, 7) is 8.13. The van der Waals surface area contributed by atoms with Gasteiger partial charge in [0.1, 0.15) is 11.1 Å². The molecule has 2 aromatic rings. The second kappa shape index (κ2) is 8.15. The first-order chi connectivity index (χ1) is 13.6. The van der Waals surface area contributed by atoms with Crippen LogP contribution < -0.4 is 10.6 Å². The summed E-state index contributed by atoms with van der Waals surface area (Å²) >= 11 is 7.47. The highest BCUT2D eigenvalue weighted by atomic mass is 35.5. The van der Waals surface area contributed by atoms with E-state index in [9.17, 15) is 10.1 Å². The lowest BCUT2D eigenvalue weighted by molar-refractivity contribution is -0.120. The van der Waals surface area contributed by atoms with Gasteiger partial charge in [-0.1, -0.05) is 35.0 Å². The Balaban J connectivity index is 1.69. The first-order valence-corrected chi connectivity index (χ1v) is 10.4. The van der Waals surface area contributed by atoms with Crippen molar-refractivity contribution in [2.75, 3.05) is 11.9 Å². The van der Waals surface area contributed by atoms with Gasteiger partial charge in [-0.25, -0.2) is 0 Å².